The number of aliphatic hydroxyl groups is 1. The first-order chi connectivity index (χ1) is 12.5. The van der Waals surface area contributed by atoms with E-state index in [0.29, 0.717) is 13.1 Å². The van der Waals surface area contributed by atoms with E-state index >= 15 is 0 Å². The quantitative estimate of drug-likeness (QED) is 0.843. The highest BCUT2D eigenvalue weighted by Crippen LogP contribution is 2.45. The molecule has 0 aromatic heterocycles. The van der Waals surface area contributed by atoms with Gasteiger partial charge in [0.25, 0.3) is 0 Å². The van der Waals surface area contributed by atoms with Crippen LogP contribution in [0.15, 0.2) is 30.3 Å². The molecule has 0 bridgehead atoms. The number of likely N-dealkylation sites (N-methyl/N-ethyl adjacent to an activating group) is 1. The highest BCUT2D eigenvalue weighted by atomic mass is 16.9. The highest BCUT2D eigenvalue weighted by molar-refractivity contribution is 5.17. The van der Waals surface area contributed by atoms with Crippen LogP contribution in [0.2, 0.25) is 0 Å². The molecule has 1 aromatic rings. The van der Waals surface area contributed by atoms with Crippen LogP contribution in [-0.4, -0.2) is 73.2 Å². The van der Waals surface area contributed by atoms with Crippen molar-refractivity contribution in [2.75, 3.05) is 26.7 Å². The van der Waals surface area contributed by atoms with Crippen LogP contribution in [0.3, 0.4) is 0 Å². The molecule has 26 heavy (non-hydrogen) atoms. The Hall–Kier alpha value is -1.06. The van der Waals surface area contributed by atoms with Crippen LogP contribution in [0, 0.1) is 0 Å². The molecule has 3 fully saturated rings. The third-order valence-electron chi connectivity index (χ3n) is 5.02. The molecular weight excluding hydrogens is 338 g/mol. The number of benzene rings is 1. The van der Waals surface area contributed by atoms with Crippen LogP contribution < -0.4 is 0 Å². The maximum absolute atomic E-state index is 9.19. The summed E-state index contributed by atoms with van der Waals surface area (Å²) in [4.78, 5) is 2.03. The minimum absolute atomic E-state index is 0.0997. The molecule has 3 aliphatic rings. The Morgan fingerprint density at radius 1 is 1.00 bits per heavy atom. The molecule has 6 atom stereocenters. The number of fused-ring (bicyclic) bond motifs is 3. The molecule has 7 nitrogen and oxygen atoms in total. The van der Waals surface area contributed by atoms with Gasteiger partial charge in [0, 0.05) is 18.7 Å². The zero-order chi connectivity index (χ0) is 18.3. The molecule has 1 N–H and O–H groups in total. The number of nitrogens with zero attached hydrogens (tertiary/aromatic N) is 1. The molecule has 0 aliphatic carbocycles. The predicted molar refractivity (Wildman–Crippen MR) is 92.2 cm³/mol. The van der Waals surface area contributed by atoms with Gasteiger partial charge in [-0.2, -0.15) is 0 Å². The second kappa shape index (κ2) is 7.16. The predicted octanol–water partition coefficient (Wildman–Crippen LogP) is 1.27. The molecule has 0 radical (unpaired) electrons. The summed E-state index contributed by atoms with van der Waals surface area (Å²) >= 11 is 0. The Balaban J connectivity index is 1.56. The van der Waals surface area contributed by atoms with Crippen molar-refractivity contribution in [2.24, 2.45) is 0 Å². The molecule has 0 saturated carbocycles. The zero-order valence-corrected chi connectivity index (χ0v) is 15.4. The molecule has 3 saturated heterocycles. The summed E-state index contributed by atoms with van der Waals surface area (Å²) in [5.74, 6) is -0.687. The SMILES string of the molecule is CN(CCO)CC1OC(c2ccccc2)OC2C1OC1OC(C)(C)OC12. The lowest BCUT2D eigenvalue weighted by Gasteiger charge is -2.41. The van der Waals surface area contributed by atoms with Crippen LogP contribution in [-0.2, 0) is 23.7 Å². The van der Waals surface area contributed by atoms with Gasteiger partial charge in [0.05, 0.1) is 6.61 Å². The number of hydrogen-bond acceptors (Lipinski definition) is 7. The molecule has 3 aliphatic heterocycles. The normalized spacial score (nSPS) is 38.3. The topological polar surface area (TPSA) is 69.6 Å². The van der Waals surface area contributed by atoms with Gasteiger partial charge in [-0.15, -0.1) is 0 Å². The minimum Gasteiger partial charge on any atom is -0.395 e. The Bertz CT molecular complexity index is 611. The molecule has 4 rings (SSSR count). The average molecular weight is 365 g/mol. The fourth-order valence-electron chi connectivity index (χ4n) is 3.85. The van der Waals surface area contributed by atoms with Crippen molar-refractivity contribution in [2.45, 2.75) is 56.6 Å². The lowest BCUT2D eigenvalue weighted by Crippen LogP contribution is -2.53. The van der Waals surface area contributed by atoms with Crippen LogP contribution in [0.1, 0.15) is 25.7 Å². The van der Waals surface area contributed by atoms with Crippen molar-refractivity contribution >= 4 is 0 Å². The molecular formula is C19H27NO6. The van der Waals surface area contributed by atoms with Crippen LogP contribution in [0.4, 0.5) is 0 Å². The fourth-order valence-corrected chi connectivity index (χ4v) is 3.85. The van der Waals surface area contributed by atoms with E-state index in [1.807, 2.05) is 56.1 Å². The molecule has 1 aromatic carbocycles. The largest absolute Gasteiger partial charge is 0.395 e. The summed E-state index contributed by atoms with van der Waals surface area (Å²) in [6.07, 6.45) is -1.98. The number of hydrogen-bond donors (Lipinski definition) is 1. The average Bonchev–Trinajstić information content (AvgIpc) is 3.08. The maximum atomic E-state index is 9.19. The van der Waals surface area contributed by atoms with Crippen molar-refractivity contribution in [1.29, 1.82) is 0 Å². The van der Waals surface area contributed by atoms with Crippen molar-refractivity contribution < 1.29 is 28.8 Å². The Morgan fingerprint density at radius 2 is 1.77 bits per heavy atom. The second-order valence-corrected chi connectivity index (χ2v) is 7.57. The van der Waals surface area contributed by atoms with Gasteiger partial charge in [-0.25, -0.2) is 0 Å². The fraction of sp³-hybridized carbons (Fsp3) is 0.684. The van der Waals surface area contributed by atoms with E-state index in [4.69, 9.17) is 23.7 Å². The molecule has 7 heteroatoms. The summed E-state index contributed by atoms with van der Waals surface area (Å²) < 4.78 is 30.5. The van der Waals surface area contributed by atoms with E-state index in [2.05, 4.69) is 0 Å². The van der Waals surface area contributed by atoms with Gasteiger partial charge in [0.2, 0.25) is 0 Å². The first-order valence-corrected chi connectivity index (χ1v) is 9.13. The molecule has 144 valence electrons. The van der Waals surface area contributed by atoms with Gasteiger partial charge in [-0.1, -0.05) is 30.3 Å². The van der Waals surface area contributed by atoms with E-state index in [1.165, 1.54) is 0 Å². The summed E-state index contributed by atoms with van der Waals surface area (Å²) in [6.45, 7) is 5.05. The smallest absolute Gasteiger partial charge is 0.190 e. The molecule has 0 amide bonds. The Labute approximate surface area is 153 Å². The van der Waals surface area contributed by atoms with Gasteiger partial charge in [0.15, 0.2) is 18.4 Å². The van der Waals surface area contributed by atoms with Gasteiger partial charge in [0.1, 0.15) is 24.4 Å². The lowest BCUT2D eigenvalue weighted by atomic mass is 10.0. The summed E-state index contributed by atoms with van der Waals surface area (Å²) in [5.41, 5.74) is 0.961. The van der Waals surface area contributed by atoms with Crippen molar-refractivity contribution in [3.8, 4) is 0 Å². The van der Waals surface area contributed by atoms with Gasteiger partial charge < -0.3 is 33.7 Å². The van der Waals surface area contributed by atoms with E-state index in [1.54, 1.807) is 0 Å². The van der Waals surface area contributed by atoms with E-state index in [9.17, 15) is 5.11 Å². The third-order valence-corrected chi connectivity index (χ3v) is 5.02. The lowest BCUT2D eigenvalue weighted by molar-refractivity contribution is -0.311. The van der Waals surface area contributed by atoms with Crippen LogP contribution in [0.25, 0.3) is 0 Å². The standard InChI is InChI=1S/C19H27NO6/c1-19(2)25-16-15-14(23-18(16)26-19)13(11-20(3)9-10-21)22-17(24-15)12-7-5-4-6-8-12/h4-8,13-18,21H,9-11H2,1-3H3. The van der Waals surface area contributed by atoms with Crippen molar-refractivity contribution in [3.63, 3.8) is 0 Å². The third kappa shape index (κ3) is 3.53. The van der Waals surface area contributed by atoms with Gasteiger partial charge in [-0.3, -0.25) is 0 Å². The molecule has 0 spiro atoms. The molecule has 3 heterocycles. The summed E-state index contributed by atoms with van der Waals surface area (Å²) in [6, 6.07) is 9.87. The van der Waals surface area contributed by atoms with E-state index in [-0.39, 0.29) is 31.0 Å². The van der Waals surface area contributed by atoms with E-state index in [0.717, 1.165) is 5.56 Å². The van der Waals surface area contributed by atoms with Crippen LogP contribution >= 0.6 is 0 Å². The second-order valence-electron chi connectivity index (χ2n) is 7.57. The summed E-state index contributed by atoms with van der Waals surface area (Å²) in [5, 5.41) is 9.19. The minimum atomic E-state index is -0.687. The van der Waals surface area contributed by atoms with Gasteiger partial charge in [-0.05, 0) is 20.9 Å². The first kappa shape index (κ1) is 18.3. The van der Waals surface area contributed by atoms with Gasteiger partial charge >= 0.3 is 0 Å². The maximum Gasteiger partial charge on any atom is 0.190 e. The summed E-state index contributed by atoms with van der Waals surface area (Å²) in [7, 11) is 1.95. The first-order valence-electron chi connectivity index (χ1n) is 9.13. The number of aliphatic hydroxyl groups excluding tert-OH is 1. The van der Waals surface area contributed by atoms with E-state index < -0.39 is 18.4 Å². The Morgan fingerprint density at radius 3 is 2.50 bits per heavy atom. The monoisotopic (exact) mass is 365 g/mol. The Kier molecular flexibility index (Phi) is 5.04. The number of rotatable bonds is 5. The number of ether oxygens (including phenoxy) is 5. The zero-order valence-electron chi connectivity index (χ0n) is 15.4. The van der Waals surface area contributed by atoms with Crippen molar-refractivity contribution in [3.05, 3.63) is 35.9 Å². The molecule has 6 unspecified atom stereocenters. The highest BCUT2D eigenvalue weighted by Gasteiger charge is 2.60. The van der Waals surface area contributed by atoms with Crippen molar-refractivity contribution in [1.82, 2.24) is 4.90 Å². The van der Waals surface area contributed by atoms with Crippen LogP contribution in [0.5, 0.6) is 0 Å².